The highest BCUT2D eigenvalue weighted by atomic mass is 16.7. The Balaban J connectivity index is 1.46. The summed E-state index contributed by atoms with van der Waals surface area (Å²) in [4.78, 5) is 0. The first-order valence-electron chi connectivity index (χ1n) is 7.76. The van der Waals surface area contributed by atoms with Crippen LogP contribution in [0.2, 0.25) is 0 Å². The Labute approximate surface area is 109 Å². The van der Waals surface area contributed by atoms with Crippen molar-refractivity contribution in [3.05, 3.63) is 0 Å². The number of ether oxygens (including phenoxy) is 2. The second-order valence-electron chi connectivity index (χ2n) is 7.14. The topological polar surface area (TPSA) is 44.5 Å². The van der Waals surface area contributed by atoms with E-state index >= 15 is 0 Å². The summed E-state index contributed by atoms with van der Waals surface area (Å²) in [6.07, 6.45) is 7.38. The minimum Gasteiger partial charge on any atom is -0.352 e. The van der Waals surface area contributed by atoms with Gasteiger partial charge in [-0.3, -0.25) is 0 Å². The Morgan fingerprint density at radius 3 is 1.89 bits per heavy atom. The molecule has 0 radical (unpaired) electrons. The third-order valence-corrected chi connectivity index (χ3v) is 5.94. The summed E-state index contributed by atoms with van der Waals surface area (Å²) >= 11 is 0. The molecule has 3 nitrogen and oxygen atoms in total. The molecule has 1 aliphatic heterocycles. The molecule has 0 unspecified atom stereocenters. The fourth-order valence-electron chi connectivity index (χ4n) is 5.33. The molecule has 5 fully saturated rings. The quantitative estimate of drug-likeness (QED) is 0.816. The average molecular weight is 251 g/mol. The first kappa shape index (κ1) is 11.7. The van der Waals surface area contributed by atoms with E-state index in [9.17, 15) is 0 Å². The Morgan fingerprint density at radius 2 is 1.39 bits per heavy atom. The lowest BCUT2D eigenvalue weighted by atomic mass is 9.51. The molecule has 0 atom stereocenters. The zero-order valence-corrected chi connectivity index (χ0v) is 11.1. The van der Waals surface area contributed by atoms with E-state index in [-0.39, 0.29) is 6.29 Å². The summed E-state index contributed by atoms with van der Waals surface area (Å²) in [6, 6.07) is 0. The maximum Gasteiger partial charge on any atom is 0.160 e. The molecule has 0 aromatic rings. The average Bonchev–Trinajstić information content (AvgIpc) is 2.38. The summed E-state index contributed by atoms with van der Waals surface area (Å²) in [5, 5.41) is 0. The van der Waals surface area contributed by atoms with E-state index < -0.39 is 0 Å². The highest BCUT2D eigenvalue weighted by Crippen LogP contribution is 2.57. The molecule has 4 aliphatic carbocycles. The largest absolute Gasteiger partial charge is 0.352 e. The predicted molar refractivity (Wildman–Crippen MR) is 68.8 cm³/mol. The molecule has 0 amide bonds. The number of hydrogen-bond donors (Lipinski definition) is 1. The molecule has 1 heterocycles. The van der Waals surface area contributed by atoms with Gasteiger partial charge in [0, 0.05) is 11.8 Å². The third kappa shape index (κ3) is 1.83. The molecular weight excluding hydrogens is 226 g/mol. The van der Waals surface area contributed by atoms with Crippen molar-refractivity contribution in [2.75, 3.05) is 19.8 Å². The maximum absolute atomic E-state index is 6.01. The summed E-state index contributed by atoms with van der Waals surface area (Å²) in [6.45, 7) is 2.31. The Bertz CT molecular complexity index is 284. The van der Waals surface area contributed by atoms with Gasteiger partial charge in [-0.15, -0.1) is 0 Å². The standard InChI is InChI=1S/C15H25NO2/c16-6-11-7-17-15(18-8-11)14-12-2-9-1-10(4-12)5-13(14)3-9/h9-15H,1-8,16H2. The molecule has 5 rings (SSSR count). The van der Waals surface area contributed by atoms with Crippen molar-refractivity contribution in [2.45, 2.75) is 38.4 Å². The summed E-state index contributed by atoms with van der Waals surface area (Å²) < 4.78 is 12.0. The van der Waals surface area contributed by atoms with E-state index in [4.69, 9.17) is 15.2 Å². The van der Waals surface area contributed by atoms with Crippen LogP contribution in [0.15, 0.2) is 0 Å². The van der Waals surface area contributed by atoms with Crippen molar-refractivity contribution in [3.63, 3.8) is 0 Å². The van der Waals surface area contributed by atoms with E-state index in [1.54, 1.807) is 0 Å². The zero-order chi connectivity index (χ0) is 12.1. The Kier molecular flexibility index (Phi) is 2.90. The molecule has 2 N–H and O–H groups in total. The van der Waals surface area contributed by atoms with E-state index in [2.05, 4.69) is 0 Å². The normalized spacial score (nSPS) is 54.8. The van der Waals surface area contributed by atoms with E-state index in [1.165, 1.54) is 32.1 Å². The van der Waals surface area contributed by atoms with E-state index in [1.807, 2.05) is 0 Å². The van der Waals surface area contributed by atoms with Crippen molar-refractivity contribution < 1.29 is 9.47 Å². The predicted octanol–water partition coefficient (Wildman–Crippen LogP) is 2.01. The van der Waals surface area contributed by atoms with Crippen LogP contribution >= 0.6 is 0 Å². The summed E-state index contributed by atoms with van der Waals surface area (Å²) in [7, 11) is 0. The molecule has 4 saturated carbocycles. The molecular formula is C15H25NO2. The first-order chi connectivity index (χ1) is 8.83. The third-order valence-electron chi connectivity index (χ3n) is 5.94. The second-order valence-corrected chi connectivity index (χ2v) is 7.14. The van der Waals surface area contributed by atoms with Crippen LogP contribution in [0.1, 0.15) is 32.1 Å². The van der Waals surface area contributed by atoms with Crippen LogP contribution in [-0.4, -0.2) is 26.0 Å². The highest BCUT2D eigenvalue weighted by molar-refractivity contribution is 4.99. The fourth-order valence-corrected chi connectivity index (χ4v) is 5.33. The highest BCUT2D eigenvalue weighted by Gasteiger charge is 2.51. The lowest BCUT2D eigenvalue weighted by molar-refractivity contribution is -0.258. The van der Waals surface area contributed by atoms with Gasteiger partial charge in [-0.05, 0) is 62.3 Å². The molecule has 0 aromatic heterocycles. The molecule has 0 aromatic carbocycles. The monoisotopic (exact) mass is 251 g/mol. The minimum atomic E-state index is 0.0859. The van der Waals surface area contributed by atoms with Gasteiger partial charge in [-0.1, -0.05) is 0 Å². The van der Waals surface area contributed by atoms with Crippen LogP contribution < -0.4 is 5.73 Å². The molecule has 4 bridgehead atoms. The van der Waals surface area contributed by atoms with Gasteiger partial charge < -0.3 is 15.2 Å². The molecule has 0 spiro atoms. The number of nitrogens with two attached hydrogens (primary N) is 1. The van der Waals surface area contributed by atoms with Gasteiger partial charge in [-0.2, -0.15) is 0 Å². The van der Waals surface area contributed by atoms with Crippen molar-refractivity contribution in [3.8, 4) is 0 Å². The molecule has 5 aliphatic rings. The van der Waals surface area contributed by atoms with Gasteiger partial charge in [0.15, 0.2) is 6.29 Å². The fraction of sp³-hybridized carbons (Fsp3) is 1.00. The SMILES string of the molecule is NCC1COC(C2C3CC4CC(C3)CC2C4)OC1. The van der Waals surface area contributed by atoms with Gasteiger partial charge in [-0.25, -0.2) is 0 Å². The lowest BCUT2D eigenvalue weighted by Gasteiger charge is -2.56. The van der Waals surface area contributed by atoms with Crippen LogP contribution in [0.4, 0.5) is 0 Å². The van der Waals surface area contributed by atoms with Crippen molar-refractivity contribution in [1.29, 1.82) is 0 Å². The van der Waals surface area contributed by atoms with Gasteiger partial charge in [0.25, 0.3) is 0 Å². The molecule has 1 saturated heterocycles. The van der Waals surface area contributed by atoms with E-state index in [0.717, 1.165) is 36.9 Å². The zero-order valence-electron chi connectivity index (χ0n) is 11.1. The van der Waals surface area contributed by atoms with Crippen LogP contribution in [0.5, 0.6) is 0 Å². The summed E-state index contributed by atoms with van der Waals surface area (Å²) in [5.74, 6) is 4.95. The molecule has 3 heteroatoms. The van der Waals surface area contributed by atoms with Crippen LogP contribution in [0.25, 0.3) is 0 Å². The van der Waals surface area contributed by atoms with Gasteiger partial charge in [0.2, 0.25) is 0 Å². The molecule has 102 valence electrons. The maximum atomic E-state index is 6.01. The van der Waals surface area contributed by atoms with Crippen LogP contribution in [0, 0.1) is 35.5 Å². The van der Waals surface area contributed by atoms with Gasteiger partial charge >= 0.3 is 0 Å². The van der Waals surface area contributed by atoms with Crippen LogP contribution in [-0.2, 0) is 9.47 Å². The Hall–Kier alpha value is -0.120. The number of hydrogen-bond acceptors (Lipinski definition) is 3. The lowest BCUT2D eigenvalue weighted by Crippen LogP contribution is -2.52. The van der Waals surface area contributed by atoms with Crippen LogP contribution in [0.3, 0.4) is 0 Å². The van der Waals surface area contributed by atoms with E-state index in [0.29, 0.717) is 18.4 Å². The van der Waals surface area contributed by atoms with Gasteiger partial charge in [0.05, 0.1) is 13.2 Å². The minimum absolute atomic E-state index is 0.0859. The summed E-state index contributed by atoms with van der Waals surface area (Å²) in [5.41, 5.74) is 5.68. The van der Waals surface area contributed by atoms with Gasteiger partial charge in [0.1, 0.15) is 0 Å². The van der Waals surface area contributed by atoms with Crippen molar-refractivity contribution in [2.24, 2.45) is 41.2 Å². The smallest absolute Gasteiger partial charge is 0.160 e. The first-order valence-corrected chi connectivity index (χ1v) is 7.76. The molecule has 18 heavy (non-hydrogen) atoms. The second kappa shape index (κ2) is 4.46. The number of rotatable bonds is 2. The van der Waals surface area contributed by atoms with Crippen molar-refractivity contribution >= 4 is 0 Å². The Morgan fingerprint density at radius 1 is 0.833 bits per heavy atom. The van der Waals surface area contributed by atoms with Crippen molar-refractivity contribution in [1.82, 2.24) is 0 Å².